The molecule has 0 radical (unpaired) electrons. The van der Waals surface area contributed by atoms with E-state index < -0.39 is 5.76 Å². The van der Waals surface area contributed by atoms with E-state index in [0.717, 1.165) is 0 Å². The number of H-pyrrole nitrogens is 1. The fourth-order valence-electron chi connectivity index (χ4n) is 1.29. The van der Waals surface area contributed by atoms with Gasteiger partial charge in [0.05, 0.1) is 12.2 Å². The first-order valence-electron chi connectivity index (χ1n) is 6.01. The molecule has 0 atom stereocenters. The minimum absolute atomic E-state index is 0. The number of para-hydroxylation sites is 1. The van der Waals surface area contributed by atoms with E-state index in [4.69, 9.17) is 4.74 Å². The summed E-state index contributed by atoms with van der Waals surface area (Å²) < 4.78 is 9.83. The number of benzene rings is 1. The molecule has 0 amide bonds. The quantitative estimate of drug-likeness (QED) is 0.911. The molecule has 0 unspecified atom stereocenters. The maximum absolute atomic E-state index is 10.8. The molecule has 0 spiro atoms. The van der Waals surface area contributed by atoms with E-state index in [1.54, 1.807) is 6.07 Å². The van der Waals surface area contributed by atoms with Gasteiger partial charge in [-0.1, -0.05) is 37.6 Å². The highest BCUT2D eigenvalue weighted by Gasteiger charge is 2.09. The fourth-order valence-corrected chi connectivity index (χ4v) is 1.29. The monoisotopic (exact) mass is 252 g/mol. The molecule has 0 aliphatic carbocycles. The minimum Gasteiger partial charge on any atom is -0.493 e. The summed E-state index contributed by atoms with van der Waals surface area (Å²) in [6.45, 7) is 6.70. The Labute approximate surface area is 107 Å². The maximum atomic E-state index is 10.8. The Morgan fingerprint density at radius 3 is 2.56 bits per heavy atom. The smallest absolute Gasteiger partial charge is 0.439 e. The first-order chi connectivity index (χ1) is 8.72. The van der Waals surface area contributed by atoms with Gasteiger partial charge in [-0.3, -0.25) is 9.51 Å². The molecule has 0 fully saturated rings. The van der Waals surface area contributed by atoms with Crippen LogP contribution in [0, 0.1) is 0 Å². The Kier molecular flexibility index (Phi) is 5.70. The third-order valence-corrected chi connectivity index (χ3v) is 1.88. The topological polar surface area (TPSA) is 68.1 Å². The highest BCUT2D eigenvalue weighted by atomic mass is 16.5. The zero-order valence-corrected chi connectivity index (χ0v) is 10.9. The van der Waals surface area contributed by atoms with Crippen molar-refractivity contribution in [3.05, 3.63) is 34.8 Å². The lowest BCUT2D eigenvalue weighted by molar-refractivity contribution is 0.341. The lowest BCUT2D eigenvalue weighted by Crippen LogP contribution is -1.97. The molecule has 0 aliphatic heterocycles. The Bertz CT molecular complexity index is 522. The predicted octanol–water partition coefficient (Wildman–Crippen LogP) is 3.09. The van der Waals surface area contributed by atoms with Crippen LogP contribution in [0.1, 0.15) is 28.6 Å². The van der Waals surface area contributed by atoms with Crippen LogP contribution in [0.25, 0.3) is 11.4 Å². The standard InChI is InChI=1S/C10H10N2O3.C3H8.H2/c1-2-14-8-6-4-3-5-7(8)9-11-10(13)15-12-9;1-3-2;/h3-6H,2H2,1H3,(H,11,12,13);3H2,1-2H3;1H. The van der Waals surface area contributed by atoms with Crippen molar-refractivity contribution in [1.29, 1.82) is 0 Å². The van der Waals surface area contributed by atoms with Crippen LogP contribution in [-0.4, -0.2) is 16.7 Å². The molecule has 100 valence electrons. The normalized spacial score (nSPS) is 9.50. The molecule has 1 aromatic heterocycles. The van der Waals surface area contributed by atoms with Crippen LogP contribution >= 0.6 is 0 Å². The van der Waals surface area contributed by atoms with Crippen LogP contribution in [0.4, 0.5) is 0 Å². The van der Waals surface area contributed by atoms with Crippen molar-refractivity contribution >= 4 is 0 Å². The lowest BCUT2D eigenvalue weighted by atomic mass is 10.2. The summed E-state index contributed by atoms with van der Waals surface area (Å²) in [7, 11) is 0. The molecule has 2 aromatic rings. The zero-order chi connectivity index (χ0) is 13.4. The van der Waals surface area contributed by atoms with Crippen LogP contribution < -0.4 is 10.5 Å². The SMILES string of the molecule is CCC.CCOc1ccccc1-c1noc(=O)[nH]1.[HH]. The first kappa shape index (κ1) is 14.0. The van der Waals surface area contributed by atoms with E-state index in [9.17, 15) is 4.79 Å². The Morgan fingerprint density at radius 1 is 1.33 bits per heavy atom. The third-order valence-electron chi connectivity index (χ3n) is 1.88. The molecule has 1 heterocycles. The molecule has 1 aromatic carbocycles. The largest absolute Gasteiger partial charge is 0.493 e. The van der Waals surface area contributed by atoms with Gasteiger partial charge in [0.1, 0.15) is 5.75 Å². The van der Waals surface area contributed by atoms with Crippen molar-refractivity contribution in [2.45, 2.75) is 27.2 Å². The van der Waals surface area contributed by atoms with Crippen molar-refractivity contribution in [2.75, 3.05) is 6.61 Å². The average molecular weight is 252 g/mol. The van der Waals surface area contributed by atoms with Crippen molar-refractivity contribution in [1.82, 2.24) is 10.1 Å². The molecule has 18 heavy (non-hydrogen) atoms. The van der Waals surface area contributed by atoms with Gasteiger partial charge in [0.2, 0.25) is 0 Å². The van der Waals surface area contributed by atoms with Gasteiger partial charge in [-0.2, -0.15) is 0 Å². The summed E-state index contributed by atoms with van der Waals surface area (Å²) in [6.07, 6.45) is 1.25. The molecule has 0 saturated carbocycles. The van der Waals surface area contributed by atoms with Crippen LogP contribution in [0.2, 0.25) is 0 Å². The average Bonchev–Trinajstić information content (AvgIpc) is 2.78. The molecule has 5 nitrogen and oxygen atoms in total. The highest BCUT2D eigenvalue weighted by Crippen LogP contribution is 2.26. The van der Waals surface area contributed by atoms with Gasteiger partial charge in [-0.05, 0) is 19.1 Å². The van der Waals surface area contributed by atoms with Gasteiger partial charge in [0.15, 0.2) is 5.82 Å². The molecular formula is C13H20N2O3. The van der Waals surface area contributed by atoms with E-state index in [1.165, 1.54) is 6.42 Å². The molecule has 0 aliphatic rings. The Hall–Kier alpha value is -2.04. The fraction of sp³-hybridized carbons (Fsp3) is 0.385. The molecule has 5 heteroatoms. The third kappa shape index (κ3) is 3.76. The molecule has 0 bridgehead atoms. The van der Waals surface area contributed by atoms with E-state index in [1.807, 2.05) is 25.1 Å². The number of aromatic amines is 1. The van der Waals surface area contributed by atoms with Crippen LogP contribution in [-0.2, 0) is 0 Å². The Morgan fingerprint density at radius 2 is 2.00 bits per heavy atom. The van der Waals surface area contributed by atoms with Crippen molar-refractivity contribution < 1.29 is 10.7 Å². The van der Waals surface area contributed by atoms with Gasteiger partial charge in [-0.25, -0.2) is 4.79 Å². The molecule has 0 saturated heterocycles. The minimum atomic E-state index is -0.573. The van der Waals surface area contributed by atoms with Crippen LogP contribution in [0.3, 0.4) is 0 Å². The number of hydrogen-bond acceptors (Lipinski definition) is 4. The van der Waals surface area contributed by atoms with Gasteiger partial charge >= 0.3 is 5.76 Å². The maximum Gasteiger partial charge on any atom is 0.439 e. The summed E-state index contributed by atoms with van der Waals surface area (Å²) in [6, 6.07) is 7.31. The second kappa shape index (κ2) is 7.32. The van der Waals surface area contributed by atoms with E-state index in [2.05, 4.69) is 28.5 Å². The Balaban J connectivity index is 0.000000742. The van der Waals surface area contributed by atoms with Crippen molar-refractivity contribution in [3.63, 3.8) is 0 Å². The molecule has 1 N–H and O–H groups in total. The first-order valence-corrected chi connectivity index (χ1v) is 6.01. The van der Waals surface area contributed by atoms with Crippen LogP contribution in [0.15, 0.2) is 33.6 Å². The molecular weight excluding hydrogens is 232 g/mol. The van der Waals surface area contributed by atoms with Gasteiger partial charge in [0, 0.05) is 1.43 Å². The van der Waals surface area contributed by atoms with E-state index in [-0.39, 0.29) is 1.43 Å². The van der Waals surface area contributed by atoms with Crippen molar-refractivity contribution in [3.8, 4) is 17.1 Å². The second-order valence-electron chi connectivity index (χ2n) is 3.58. The lowest BCUT2D eigenvalue weighted by Gasteiger charge is -2.06. The number of ether oxygens (including phenoxy) is 1. The zero-order valence-electron chi connectivity index (χ0n) is 10.9. The van der Waals surface area contributed by atoms with Crippen LogP contribution in [0.5, 0.6) is 5.75 Å². The number of nitrogens with one attached hydrogen (secondary N) is 1. The van der Waals surface area contributed by atoms with E-state index >= 15 is 0 Å². The highest BCUT2D eigenvalue weighted by molar-refractivity contribution is 5.63. The summed E-state index contributed by atoms with van der Waals surface area (Å²) in [5.41, 5.74) is 0.713. The van der Waals surface area contributed by atoms with Gasteiger partial charge in [-0.15, -0.1) is 0 Å². The van der Waals surface area contributed by atoms with Gasteiger partial charge in [0.25, 0.3) is 0 Å². The predicted molar refractivity (Wildman–Crippen MR) is 71.8 cm³/mol. The number of nitrogens with zero attached hydrogens (tertiary/aromatic N) is 1. The summed E-state index contributed by atoms with van der Waals surface area (Å²) >= 11 is 0. The molecule has 2 rings (SSSR count). The number of rotatable bonds is 3. The number of aromatic nitrogens is 2. The summed E-state index contributed by atoms with van der Waals surface area (Å²) in [4.78, 5) is 13.3. The summed E-state index contributed by atoms with van der Waals surface area (Å²) in [5, 5.41) is 3.61. The summed E-state index contributed by atoms with van der Waals surface area (Å²) in [5.74, 6) is 0.477. The van der Waals surface area contributed by atoms with Crippen molar-refractivity contribution in [2.24, 2.45) is 0 Å². The number of hydrogen-bond donors (Lipinski definition) is 1. The second-order valence-corrected chi connectivity index (χ2v) is 3.58. The van der Waals surface area contributed by atoms with Gasteiger partial charge < -0.3 is 4.74 Å². The van der Waals surface area contributed by atoms with E-state index in [0.29, 0.717) is 23.7 Å².